The van der Waals surface area contributed by atoms with Crippen molar-refractivity contribution in [2.45, 2.75) is 38.8 Å². The smallest absolute Gasteiger partial charge is 0.326 e. The first-order valence-electron chi connectivity index (χ1n) is 6.84. The van der Waals surface area contributed by atoms with Crippen LogP contribution in [0.15, 0.2) is 17.5 Å². The topological polar surface area (TPSA) is 69.6 Å². The van der Waals surface area contributed by atoms with Crippen LogP contribution in [0.1, 0.15) is 37.6 Å². The molecule has 1 aromatic rings. The molecule has 2 N–H and O–H groups in total. The van der Waals surface area contributed by atoms with Crippen LogP contribution in [0.25, 0.3) is 0 Å². The van der Waals surface area contributed by atoms with Gasteiger partial charge in [-0.3, -0.25) is 0 Å². The molecule has 2 amide bonds. The lowest BCUT2D eigenvalue weighted by atomic mass is 10.0. The van der Waals surface area contributed by atoms with Crippen LogP contribution >= 0.6 is 11.3 Å². The number of carboxylic acid groups (broad SMARTS) is 1. The Morgan fingerprint density at radius 1 is 1.50 bits per heavy atom. The van der Waals surface area contributed by atoms with Gasteiger partial charge in [-0.1, -0.05) is 19.9 Å². The fraction of sp³-hybridized carbons (Fsp3) is 0.571. The summed E-state index contributed by atoms with van der Waals surface area (Å²) in [6, 6.07) is 2.91. The van der Waals surface area contributed by atoms with Crippen molar-refractivity contribution in [3.63, 3.8) is 0 Å². The van der Waals surface area contributed by atoms with Crippen LogP contribution in [0.5, 0.6) is 0 Å². The highest BCUT2D eigenvalue weighted by Crippen LogP contribution is 2.27. The molecular formula is C14H20N2O3S. The van der Waals surface area contributed by atoms with E-state index < -0.39 is 12.0 Å². The molecule has 2 atom stereocenters. The zero-order chi connectivity index (χ0) is 14.7. The molecule has 2 heterocycles. The standard InChI is InChI=1S/C14H20N2O3S/c1-9(2)12(11-6-4-8-20-11)15-14(19)16-7-3-5-10(16)13(17)18/h4,6,8-10,12H,3,5,7H2,1-2H3,(H,15,19)(H,17,18)/t10-,12?/m1/s1. The van der Waals surface area contributed by atoms with Crippen molar-refractivity contribution < 1.29 is 14.7 Å². The summed E-state index contributed by atoms with van der Waals surface area (Å²) in [6.07, 6.45) is 1.28. The van der Waals surface area contributed by atoms with Gasteiger partial charge in [0.1, 0.15) is 6.04 Å². The number of rotatable bonds is 4. The van der Waals surface area contributed by atoms with E-state index >= 15 is 0 Å². The number of nitrogens with one attached hydrogen (secondary N) is 1. The van der Waals surface area contributed by atoms with Crippen LogP contribution in [0.2, 0.25) is 0 Å². The quantitative estimate of drug-likeness (QED) is 0.897. The van der Waals surface area contributed by atoms with Crippen molar-refractivity contribution in [1.29, 1.82) is 0 Å². The van der Waals surface area contributed by atoms with E-state index in [2.05, 4.69) is 5.32 Å². The van der Waals surface area contributed by atoms with Crippen molar-refractivity contribution in [2.75, 3.05) is 6.54 Å². The number of thiophene rings is 1. The normalized spacial score (nSPS) is 20.1. The molecule has 0 saturated carbocycles. The summed E-state index contributed by atoms with van der Waals surface area (Å²) in [5.41, 5.74) is 0. The second-order valence-electron chi connectivity index (χ2n) is 5.38. The Balaban J connectivity index is 2.07. The highest BCUT2D eigenvalue weighted by atomic mass is 32.1. The second kappa shape index (κ2) is 6.26. The van der Waals surface area contributed by atoms with E-state index in [0.29, 0.717) is 13.0 Å². The van der Waals surface area contributed by atoms with Crippen molar-refractivity contribution in [2.24, 2.45) is 5.92 Å². The van der Waals surface area contributed by atoms with Gasteiger partial charge >= 0.3 is 12.0 Å². The fourth-order valence-corrected chi connectivity index (χ4v) is 3.47. The monoisotopic (exact) mass is 296 g/mol. The molecule has 0 aliphatic carbocycles. The van der Waals surface area contributed by atoms with Crippen LogP contribution in [0.3, 0.4) is 0 Å². The maximum absolute atomic E-state index is 12.3. The number of hydrogen-bond acceptors (Lipinski definition) is 3. The van der Waals surface area contributed by atoms with E-state index in [1.807, 2.05) is 31.4 Å². The van der Waals surface area contributed by atoms with E-state index in [0.717, 1.165) is 11.3 Å². The highest BCUT2D eigenvalue weighted by Gasteiger charge is 2.35. The molecule has 0 aromatic carbocycles. The molecule has 1 aliphatic heterocycles. The molecule has 110 valence electrons. The van der Waals surface area contributed by atoms with E-state index in [1.54, 1.807) is 11.3 Å². The van der Waals surface area contributed by atoms with Crippen LogP contribution in [0, 0.1) is 5.92 Å². The van der Waals surface area contributed by atoms with Gasteiger partial charge in [0.2, 0.25) is 0 Å². The molecule has 0 spiro atoms. The molecule has 5 nitrogen and oxygen atoms in total. The minimum Gasteiger partial charge on any atom is -0.480 e. The Bertz CT molecular complexity index is 473. The van der Waals surface area contributed by atoms with Crippen molar-refractivity contribution in [3.8, 4) is 0 Å². The third-order valence-corrected chi connectivity index (χ3v) is 4.55. The molecule has 1 fully saturated rings. The lowest BCUT2D eigenvalue weighted by Crippen LogP contribution is -2.47. The van der Waals surface area contributed by atoms with Crippen LogP contribution < -0.4 is 5.32 Å². The average molecular weight is 296 g/mol. The molecule has 1 aliphatic rings. The molecule has 0 bridgehead atoms. The first kappa shape index (κ1) is 14.8. The zero-order valence-electron chi connectivity index (χ0n) is 11.7. The summed E-state index contributed by atoms with van der Waals surface area (Å²) in [5.74, 6) is -0.668. The Kier molecular flexibility index (Phi) is 4.65. The predicted octanol–water partition coefficient (Wildman–Crippen LogP) is 2.70. The number of carbonyl (C=O) groups is 2. The van der Waals surface area contributed by atoms with E-state index in [4.69, 9.17) is 5.11 Å². The number of amides is 2. The number of carboxylic acids is 1. The molecular weight excluding hydrogens is 276 g/mol. The van der Waals surface area contributed by atoms with Gasteiger partial charge in [0.25, 0.3) is 0 Å². The van der Waals surface area contributed by atoms with Gasteiger partial charge in [0.15, 0.2) is 0 Å². The maximum atomic E-state index is 12.3. The molecule has 20 heavy (non-hydrogen) atoms. The number of likely N-dealkylation sites (tertiary alicyclic amines) is 1. The minimum absolute atomic E-state index is 0.0717. The van der Waals surface area contributed by atoms with E-state index in [9.17, 15) is 9.59 Å². The first-order chi connectivity index (χ1) is 9.50. The number of carbonyl (C=O) groups excluding carboxylic acids is 1. The molecule has 2 rings (SSSR count). The predicted molar refractivity (Wildman–Crippen MR) is 77.8 cm³/mol. The van der Waals surface area contributed by atoms with Gasteiger partial charge in [-0.2, -0.15) is 0 Å². The summed E-state index contributed by atoms with van der Waals surface area (Å²) in [5, 5.41) is 14.1. The van der Waals surface area contributed by atoms with Crippen molar-refractivity contribution in [1.82, 2.24) is 10.2 Å². The Labute approximate surface area is 122 Å². The molecule has 1 aromatic heterocycles. The highest BCUT2D eigenvalue weighted by molar-refractivity contribution is 7.10. The van der Waals surface area contributed by atoms with Crippen molar-refractivity contribution >= 4 is 23.3 Å². The largest absolute Gasteiger partial charge is 0.480 e. The van der Waals surface area contributed by atoms with E-state index in [-0.39, 0.29) is 18.0 Å². The lowest BCUT2D eigenvalue weighted by Gasteiger charge is -2.27. The molecule has 0 radical (unpaired) electrons. The van der Waals surface area contributed by atoms with Gasteiger partial charge in [-0.25, -0.2) is 9.59 Å². The summed E-state index contributed by atoms with van der Waals surface area (Å²) < 4.78 is 0. The van der Waals surface area contributed by atoms with Gasteiger partial charge in [0, 0.05) is 11.4 Å². The summed E-state index contributed by atoms with van der Waals surface area (Å²) in [6.45, 7) is 4.60. The first-order valence-corrected chi connectivity index (χ1v) is 7.72. The molecule has 1 saturated heterocycles. The maximum Gasteiger partial charge on any atom is 0.326 e. The summed E-state index contributed by atoms with van der Waals surface area (Å²) in [4.78, 5) is 26.0. The van der Waals surface area contributed by atoms with Gasteiger partial charge in [0.05, 0.1) is 6.04 Å². The summed E-state index contributed by atoms with van der Waals surface area (Å²) >= 11 is 1.60. The zero-order valence-corrected chi connectivity index (χ0v) is 12.5. The number of hydrogen-bond donors (Lipinski definition) is 2. The lowest BCUT2D eigenvalue weighted by molar-refractivity contribution is -0.141. The van der Waals surface area contributed by atoms with Crippen molar-refractivity contribution in [3.05, 3.63) is 22.4 Å². The average Bonchev–Trinajstić information content (AvgIpc) is 3.05. The fourth-order valence-electron chi connectivity index (χ4n) is 2.52. The van der Waals surface area contributed by atoms with Gasteiger partial charge in [-0.05, 0) is 30.2 Å². The van der Waals surface area contributed by atoms with Crippen LogP contribution in [-0.4, -0.2) is 34.6 Å². The Morgan fingerprint density at radius 2 is 2.25 bits per heavy atom. The summed E-state index contributed by atoms with van der Waals surface area (Å²) in [7, 11) is 0. The van der Waals surface area contributed by atoms with Crippen LogP contribution in [0.4, 0.5) is 4.79 Å². The van der Waals surface area contributed by atoms with Gasteiger partial charge < -0.3 is 15.3 Å². The Hall–Kier alpha value is -1.56. The second-order valence-corrected chi connectivity index (χ2v) is 6.36. The third kappa shape index (κ3) is 3.12. The number of nitrogens with zero attached hydrogens (tertiary/aromatic N) is 1. The van der Waals surface area contributed by atoms with Gasteiger partial charge in [-0.15, -0.1) is 11.3 Å². The Morgan fingerprint density at radius 3 is 2.80 bits per heavy atom. The number of urea groups is 1. The molecule has 6 heteroatoms. The minimum atomic E-state index is -0.921. The third-order valence-electron chi connectivity index (χ3n) is 3.59. The number of aliphatic carboxylic acids is 1. The van der Waals surface area contributed by atoms with E-state index in [1.165, 1.54) is 4.90 Å². The van der Waals surface area contributed by atoms with Crippen LogP contribution in [-0.2, 0) is 4.79 Å². The SMILES string of the molecule is CC(C)C(NC(=O)N1CCC[C@@H]1C(=O)O)c1cccs1. The molecule has 1 unspecified atom stereocenters.